The van der Waals surface area contributed by atoms with Crippen molar-refractivity contribution in [1.82, 2.24) is 5.32 Å². The third-order valence-corrected chi connectivity index (χ3v) is 19.2. The van der Waals surface area contributed by atoms with E-state index >= 15 is 0 Å². The van der Waals surface area contributed by atoms with Crippen LogP contribution in [0.25, 0.3) is 0 Å². The first-order valence-electron chi connectivity index (χ1n) is 38.2. The third kappa shape index (κ3) is 37.4. The van der Waals surface area contributed by atoms with Crippen LogP contribution < -0.4 is 5.32 Å². The lowest BCUT2D eigenvalue weighted by atomic mass is 9.96. The summed E-state index contributed by atoms with van der Waals surface area (Å²) >= 11 is 0. The summed E-state index contributed by atoms with van der Waals surface area (Å²) < 4.78 is 34.4. The lowest BCUT2D eigenvalue weighted by Gasteiger charge is -2.48. The van der Waals surface area contributed by atoms with Crippen LogP contribution in [0.2, 0.25) is 0 Å². The lowest BCUT2D eigenvalue weighted by Crippen LogP contribution is -2.66. The largest absolute Gasteiger partial charge is 0.394 e. The zero-order valence-electron chi connectivity index (χ0n) is 58.7. The first-order chi connectivity index (χ1) is 45.8. The molecule has 3 heterocycles. The maximum absolute atomic E-state index is 13.4. The second-order valence-corrected chi connectivity index (χ2v) is 27.5. The number of ether oxygens (including phenoxy) is 6. The van der Waals surface area contributed by atoms with Crippen molar-refractivity contribution in [3.63, 3.8) is 0 Å². The monoisotopic (exact) mass is 1340 g/mol. The fourth-order valence-corrected chi connectivity index (χ4v) is 13.0. The smallest absolute Gasteiger partial charge is 0.220 e. The van der Waals surface area contributed by atoms with Crippen LogP contribution in [0.5, 0.6) is 0 Å². The number of amides is 1. The van der Waals surface area contributed by atoms with E-state index in [9.17, 15) is 61.0 Å². The standard InChI is InChI=1S/C75H139NO18/c1-3-5-7-9-11-13-15-17-19-21-22-23-24-25-26-27-28-29-30-31-32-33-34-35-37-38-40-42-44-46-48-50-52-59(80)58(76-63(81)53-51-49-47-45-43-41-39-36-20-18-16-14-12-10-8-6-4-2)57-89-73-69(87)66(84)71(61(55-78)91-73)94-75-70(88)67(85)72(62(56-79)92-75)93-74-68(86)65(83)64(82)60(54-77)90-74/h12,14,18,20,50,52,58-62,64-75,77-80,82-88H,3-11,13,15-17,19,21-49,51,53-57H2,1-2H3,(H,76,81)/b14-12-,20-18-,52-50+. The molecular weight excluding hydrogens is 1200 g/mol. The van der Waals surface area contributed by atoms with E-state index in [0.29, 0.717) is 6.42 Å². The molecule has 19 heteroatoms. The van der Waals surface area contributed by atoms with Gasteiger partial charge in [-0.1, -0.05) is 281 Å². The molecule has 0 aromatic carbocycles. The van der Waals surface area contributed by atoms with E-state index in [2.05, 4.69) is 43.5 Å². The Morgan fingerprint density at radius 2 is 0.702 bits per heavy atom. The molecule has 3 aliphatic rings. The fourth-order valence-electron chi connectivity index (χ4n) is 13.0. The van der Waals surface area contributed by atoms with Crippen molar-refractivity contribution in [1.29, 1.82) is 0 Å². The summed E-state index contributed by atoms with van der Waals surface area (Å²) in [6.07, 6.45) is 41.4. The second kappa shape index (κ2) is 56.7. The Kier molecular flexibility index (Phi) is 52.0. The summed E-state index contributed by atoms with van der Waals surface area (Å²) in [5.74, 6) is -0.281. The maximum atomic E-state index is 13.4. The number of nitrogens with one attached hydrogen (secondary N) is 1. The lowest BCUT2D eigenvalue weighted by molar-refractivity contribution is -0.379. The summed E-state index contributed by atoms with van der Waals surface area (Å²) in [6.45, 7) is 1.73. The molecule has 94 heavy (non-hydrogen) atoms. The van der Waals surface area contributed by atoms with E-state index in [4.69, 9.17) is 28.4 Å². The van der Waals surface area contributed by atoms with Crippen LogP contribution in [0.1, 0.15) is 303 Å². The van der Waals surface area contributed by atoms with E-state index in [1.54, 1.807) is 6.08 Å². The van der Waals surface area contributed by atoms with E-state index in [-0.39, 0.29) is 18.9 Å². The minimum atomic E-state index is -1.98. The topological polar surface area (TPSA) is 307 Å². The number of hydrogen-bond donors (Lipinski definition) is 12. The summed E-state index contributed by atoms with van der Waals surface area (Å²) in [5, 5.41) is 121. The normalized spacial score (nSPS) is 27.5. The van der Waals surface area contributed by atoms with Crippen molar-refractivity contribution in [3.8, 4) is 0 Å². The summed E-state index contributed by atoms with van der Waals surface area (Å²) in [7, 11) is 0. The molecule has 19 nitrogen and oxygen atoms in total. The van der Waals surface area contributed by atoms with Gasteiger partial charge in [-0.25, -0.2) is 0 Å². The van der Waals surface area contributed by atoms with Crippen molar-refractivity contribution >= 4 is 5.91 Å². The van der Waals surface area contributed by atoms with Gasteiger partial charge in [-0.3, -0.25) is 4.79 Å². The molecule has 17 unspecified atom stereocenters. The Morgan fingerprint density at radius 1 is 0.383 bits per heavy atom. The highest BCUT2D eigenvalue weighted by Crippen LogP contribution is 2.33. The van der Waals surface area contributed by atoms with Crippen molar-refractivity contribution in [3.05, 3.63) is 36.5 Å². The average molecular weight is 1340 g/mol. The zero-order valence-corrected chi connectivity index (χ0v) is 58.7. The SMILES string of the molecule is CCCCC/C=C\C/C=C\CCCCCCCCCC(=O)NC(COC1OC(CO)C(OC2OC(CO)C(OC3OC(CO)C(O)C(O)C3O)C(O)C2O)C(O)C1O)C(O)/C=C/CCCCCCCCCCCCCCCCCCCCCCCCCCCCCCCC. The highest BCUT2D eigenvalue weighted by atomic mass is 16.8. The van der Waals surface area contributed by atoms with Crippen molar-refractivity contribution in [2.45, 2.75) is 407 Å². The second-order valence-electron chi connectivity index (χ2n) is 27.5. The molecule has 0 bridgehead atoms. The van der Waals surface area contributed by atoms with Crippen LogP contribution in [0.15, 0.2) is 36.5 Å². The number of carbonyl (C=O) groups excluding carboxylic acids is 1. The Balaban J connectivity index is 1.37. The number of allylic oxidation sites excluding steroid dienone is 5. The minimum Gasteiger partial charge on any atom is -0.394 e. The molecule has 3 aliphatic heterocycles. The number of aliphatic hydroxyl groups is 11. The molecule has 0 aromatic rings. The van der Waals surface area contributed by atoms with Gasteiger partial charge in [0.15, 0.2) is 18.9 Å². The van der Waals surface area contributed by atoms with Gasteiger partial charge in [0.05, 0.1) is 38.6 Å². The molecule has 3 saturated heterocycles. The van der Waals surface area contributed by atoms with E-state index < -0.39 is 124 Å². The summed E-state index contributed by atoms with van der Waals surface area (Å²) in [4.78, 5) is 13.4. The van der Waals surface area contributed by atoms with Crippen LogP contribution in [-0.4, -0.2) is 193 Å². The minimum absolute atomic E-state index is 0.235. The Hall–Kier alpha value is -1.99. The summed E-state index contributed by atoms with van der Waals surface area (Å²) in [6, 6.07) is -0.978. The highest BCUT2D eigenvalue weighted by molar-refractivity contribution is 5.76. The van der Waals surface area contributed by atoms with Gasteiger partial charge < -0.3 is 89.9 Å². The molecular formula is C75H139NO18. The van der Waals surface area contributed by atoms with Crippen LogP contribution in [-0.2, 0) is 33.2 Å². The van der Waals surface area contributed by atoms with Crippen LogP contribution in [0, 0.1) is 0 Å². The van der Waals surface area contributed by atoms with E-state index in [1.165, 1.54) is 193 Å². The van der Waals surface area contributed by atoms with Crippen molar-refractivity contribution < 1.29 is 89.4 Å². The molecule has 1 amide bonds. The Morgan fingerprint density at radius 3 is 1.11 bits per heavy atom. The van der Waals surface area contributed by atoms with Gasteiger partial charge in [0, 0.05) is 6.42 Å². The number of hydrogen-bond acceptors (Lipinski definition) is 18. The quantitative estimate of drug-likeness (QED) is 0.0199. The molecule has 0 aliphatic carbocycles. The van der Waals surface area contributed by atoms with Crippen LogP contribution >= 0.6 is 0 Å². The molecule has 17 atom stereocenters. The Labute approximate surface area is 568 Å². The van der Waals surface area contributed by atoms with Gasteiger partial charge in [-0.05, 0) is 51.4 Å². The number of aliphatic hydroxyl groups excluding tert-OH is 11. The van der Waals surface area contributed by atoms with Crippen molar-refractivity contribution in [2.75, 3.05) is 26.4 Å². The predicted octanol–water partition coefficient (Wildman–Crippen LogP) is 11.6. The molecule has 552 valence electrons. The van der Waals surface area contributed by atoms with E-state index in [0.717, 1.165) is 83.5 Å². The molecule has 0 spiro atoms. The van der Waals surface area contributed by atoms with Crippen LogP contribution in [0.4, 0.5) is 0 Å². The number of rotatable bonds is 60. The molecule has 0 aromatic heterocycles. The highest BCUT2D eigenvalue weighted by Gasteiger charge is 2.53. The summed E-state index contributed by atoms with van der Waals surface area (Å²) in [5.41, 5.74) is 0. The third-order valence-electron chi connectivity index (χ3n) is 19.2. The first kappa shape index (κ1) is 86.2. The first-order valence-corrected chi connectivity index (χ1v) is 38.2. The van der Waals surface area contributed by atoms with Gasteiger partial charge >= 0.3 is 0 Å². The predicted molar refractivity (Wildman–Crippen MR) is 369 cm³/mol. The van der Waals surface area contributed by atoms with E-state index in [1.807, 2.05) is 6.08 Å². The number of unbranched alkanes of at least 4 members (excludes halogenated alkanes) is 40. The van der Waals surface area contributed by atoms with Gasteiger partial charge in [0.25, 0.3) is 0 Å². The molecule has 3 rings (SSSR count). The van der Waals surface area contributed by atoms with Gasteiger partial charge in [0.2, 0.25) is 5.91 Å². The molecule has 0 radical (unpaired) electrons. The van der Waals surface area contributed by atoms with Gasteiger partial charge in [-0.15, -0.1) is 0 Å². The molecule has 0 saturated carbocycles. The number of carbonyl (C=O) groups is 1. The van der Waals surface area contributed by atoms with Crippen molar-refractivity contribution in [2.24, 2.45) is 0 Å². The zero-order chi connectivity index (χ0) is 68.2. The molecule has 3 fully saturated rings. The van der Waals surface area contributed by atoms with Gasteiger partial charge in [-0.2, -0.15) is 0 Å². The Bertz CT molecular complexity index is 1840. The van der Waals surface area contributed by atoms with Gasteiger partial charge in [0.1, 0.15) is 73.2 Å². The average Bonchev–Trinajstić information content (AvgIpc) is 0.787. The van der Waals surface area contributed by atoms with Crippen LogP contribution in [0.3, 0.4) is 0 Å². The fraction of sp³-hybridized carbons (Fsp3) is 0.907. The molecule has 12 N–H and O–H groups in total. The maximum Gasteiger partial charge on any atom is 0.220 e.